The molecular weight excluding hydrogens is 224 g/mol. The summed E-state index contributed by atoms with van der Waals surface area (Å²) in [5.74, 6) is 0.782. The summed E-state index contributed by atoms with van der Waals surface area (Å²) >= 11 is 1.10. The van der Waals surface area contributed by atoms with E-state index in [1.807, 2.05) is 24.3 Å². The zero-order valence-electron chi connectivity index (χ0n) is 8.83. The van der Waals surface area contributed by atoms with Crippen LogP contribution < -0.4 is 4.74 Å². The van der Waals surface area contributed by atoms with E-state index in [0.29, 0.717) is 12.1 Å². The van der Waals surface area contributed by atoms with Crippen LogP contribution in [0.15, 0.2) is 30.5 Å². The van der Waals surface area contributed by atoms with Crippen LogP contribution in [0.3, 0.4) is 0 Å². The first-order chi connectivity index (χ1) is 7.81. The first-order valence-electron chi connectivity index (χ1n) is 4.88. The molecule has 2 rings (SSSR count). The Morgan fingerprint density at radius 2 is 2.25 bits per heavy atom. The second-order valence-corrected chi connectivity index (χ2v) is 3.92. The van der Waals surface area contributed by atoms with Gasteiger partial charge in [-0.2, -0.15) is 8.75 Å². The molecule has 0 spiro atoms. The quantitative estimate of drug-likeness (QED) is 0.879. The minimum absolute atomic E-state index is 0.482. The molecule has 0 amide bonds. The predicted octanol–water partition coefficient (Wildman–Crippen LogP) is 1.82. The van der Waals surface area contributed by atoms with Crippen molar-refractivity contribution in [3.63, 3.8) is 0 Å². The topological polar surface area (TPSA) is 55.2 Å². The number of benzene rings is 1. The Labute approximate surface area is 97.9 Å². The molecule has 0 bridgehead atoms. The summed E-state index contributed by atoms with van der Waals surface area (Å²) in [6.45, 7) is 0. The Hall–Kier alpha value is -1.46. The van der Waals surface area contributed by atoms with Crippen molar-refractivity contribution in [2.45, 2.75) is 12.5 Å². The molecule has 0 aliphatic rings. The molecule has 5 heteroatoms. The van der Waals surface area contributed by atoms with E-state index in [1.54, 1.807) is 13.3 Å². The highest BCUT2D eigenvalue weighted by atomic mass is 32.1. The van der Waals surface area contributed by atoms with Gasteiger partial charge < -0.3 is 9.84 Å². The van der Waals surface area contributed by atoms with E-state index < -0.39 is 6.10 Å². The van der Waals surface area contributed by atoms with Crippen LogP contribution in [0.1, 0.15) is 17.4 Å². The summed E-state index contributed by atoms with van der Waals surface area (Å²) in [6.07, 6.45) is 1.44. The third-order valence-electron chi connectivity index (χ3n) is 2.33. The molecule has 84 valence electrons. The summed E-state index contributed by atoms with van der Waals surface area (Å²) in [7, 11) is 1.62. The molecule has 1 unspecified atom stereocenters. The molecule has 0 saturated heterocycles. The van der Waals surface area contributed by atoms with Gasteiger partial charge in [0.25, 0.3) is 0 Å². The standard InChI is InChI=1S/C11H12N2O2S/c1-15-11-5-3-2-4-8(11)6-10(14)9-7-12-16-13-9/h2-5,7,10,14H,6H2,1H3. The first-order valence-corrected chi connectivity index (χ1v) is 5.61. The number of nitrogens with zero attached hydrogens (tertiary/aromatic N) is 2. The molecule has 2 aromatic rings. The highest BCUT2D eigenvalue weighted by molar-refractivity contribution is 6.99. The fourth-order valence-corrected chi connectivity index (χ4v) is 1.97. The maximum absolute atomic E-state index is 9.93. The number of aliphatic hydroxyl groups is 1. The van der Waals surface area contributed by atoms with Crippen molar-refractivity contribution in [3.05, 3.63) is 41.7 Å². The molecule has 0 aliphatic heterocycles. The van der Waals surface area contributed by atoms with E-state index in [4.69, 9.17) is 4.74 Å². The maximum atomic E-state index is 9.93. The van der Waals surface area contributed by atoms with E-state index in [9.17, 15) is 5.11 Å². The minimum atomic E-state index is -0.630. The third kappa shape index (κ3) is 2.37. The maximum Gasteiger partial charge on any atom is 0.122 e. The first kappa shape index (κ1) is 11.0. The Kier molecular flexibility index (Phi) is 3.48. The van der Waals surface area contributed by atoms with Crippen LogP contribution in [0.4, 0.5) is 0 Å². The number of hydrogen-bond donors (Lipinski definition) is 1. The van der Waals surface area contributed by atoms with Crippen LogP contribution >= 0.6 is 11.7 Å². The Balaban J connectivity index is 2.14. The van der Waals surface area contributed by atoms with Crippen LogP contribution in [0.2, 0.25) is 0 Å². The van der Waals surface area contributed by atoms with Crippen molar-refractivity contribution in [2.24, 2.45) is 0 Å². The molecule has 0 aliphatic carbocycles. The predicted molar refractivity (Wildman–Crippen MR) is 61.6 cm³/mol. The second-order valence-electron chi connectivity index (χ2n) is 3.36. The molecule has 16 heavy (non-hydrogen) atoms. The fourth-order valence-electron chi connectivity index (χ4n) is 1.50. The van der Waals surface area contributed by atoms with Crippen molar-refractivity contribution in [1.29, 1.82) is 0 Å². The summed E-state index contributed by atoms with van der Waals surface area (Å²) < 4.78 is 13.1. The SMILES string of the molecule is COc1ccccc1CC(O)c1cnsn1. The number of para-hydroxylation sites is 1. The Morgan fingerprint density at radius 1 is 1.44 bits per heavy atom. The molecule has 0 saturated carbocycles. The van der Waals surface area contributed by atoms with Crippen molar-refractivity contribution < 1.29 is 9.84 Å². The fraction of sp³-hybridized carbons (Fsp3) is 0.273. The number of ether oxygens (including phenoxy) is 1. The zero-order chi connectivity index (χ0) is 11.4. The number of hydrogen-bond acceptors (Lipinski definition) is 5. The monoisotopic (exact) mass is 236 g/mol. The molecular formula is C11H12N2O2S. The lowest BCUT2D eigenvalue weighted by Crippen LogP contribution is -2.03. The van der Waals surface area contributed by atoms with Crippen LogP contribution in [0, 0.1) is 0 Å². The van der Waals surface area contributed by atoms with E-state index in [1.165, 1.54) is 0 Å². The van der Waals surface area contributed by atoms with Gasteiger partial charge in [-0.05, 0) is 11.6 Å². The van der Waals surface area contributed by atoms with Gasteiger partial charge in [0.1, 0.15) is 17.5 Å². The van der Waals surface area contributed by atoms with Gasteiger partial charge in [0, 0.05) is 6.42 Å². The zero-order valence-corrected chi connectivity index (χ0v) is 9.65. The Bertz CT molecular complexity index is 445. The van der Waals surface area contributed by atoms with Crippen LogP contribution in [-0.2, 0) is 6.42 Å². The highest BCUT2D eigenvalue weighted by Gasteiger charge is 2.13. The summed E-state index contributed by atoms with van der Waals surface area (Å²) in [5, 5.41) is 9.93. The van der Waals surface area contributed by atoms with E-state index in [-0.39, 0.29) is 0 Å². The van der Waals surface area contributed by atoms with Crippen LogP contribution in [0.5, 0.6) is 5.75 Å². The summed E-state index contributed by atoms with van der Waals surface area (Å²) in [4.78, 5) is 0. The lowest BCUT2D eigenvalue weighted by atomic mass is 10.1. The lowest BCUT2D eigenvalue weighted by molar-refractivity contribution is 0.173. The number of aromatic nitrogens is 2. The van der Waals surface area contributed by atoms with Crippen LogP contribution in [-0.4, -0.2) is 21.0 Å². The van der Waals surface area contributed by atoms with E-state index in [0.717, 1.165) is 23.0 Å². The summed E-state index contributed by atoms with van der Waals surface area (Å²) in [5.41, 5.74) is 1.57. The summed E-state index contributed by atoms with van der Waals surface area (Å²) in [6, 6.07) is 7.63. The molecule has 4 nitrogen and oxygen atoms in total. The molecule has 1 aromatic carbocycles. The van der Waals surface area contributed by atoms with E-state index >= 15 is 0 Å². The minimum Gasteiger partial charge on any atom is -0.496 e. The largest absolute Gasteiger partial charge is 0.496 e. The second kappa shape index (κ2) is 5.05. The average Bonchev–Trinajstić information content (AvgIpc) is 2.83. The van der Waals surface area contributed by atoms with Gasteiger partial charge in [0.05, 0.1) is 25.0 Å². The van der Waals surface area contributed by atoms with Crippen molar-refractivity contribution >= 4 is 11.7 Å². The molecule has 1 heterocycles. The smallest absolute Gasteiger partial charge is 0.122 e. The number of methoxy groups -OCH3 is 1. The van der Waals surface area contributed by atoms with Gasteiger partial charge in [-0.25, -0.2) is 0 Å². The molecule has 1 atom stereocenters. The van der Waals surface area contributed by atoms with Gasteiger partial charge in [0.15, 0.2) is 0 Å². The third-order valence-corrected chi connectivity index (χ3v) is 2.82. The van der Waals surface area contributed by atoms with Crippen molar-refractivity contribution in [2.75, 3.05) is 7.11 Å². The molecule has 0 fully saturated rings. The van der Waals surface area contributed by atoms with Crippen LogP contribution in [0.25, 0.3) is 0 Å². The number of aliphatic hydroxyl groups excluding tert-OH is 1. The van der Waals surface area contributed by atoms with Gasteiger partial charge in [0.2, 0.25) is 0 Å². The lowest BCUT2D eigenvalue weighted by Gasteiger charge is -2.10. The Morgan fingerprint density at radius 3 is 2.94 bits per heavy atom. The number of rotatable bonds is 4. The van der Waals surface area contributed by atoms with E-state index in [2.05, 4.69) is 8.75 Å². The molecule has 0 radical (unpaired) electrons. The van der Waals surface area contributed by atoms with Crippen molar-refractivity contribution in [3.8, 4) is 5.75 Å². The van der Waals surface area contributed by atoms with Crippen molar-refractivity contribution in [1.82, 2.24) is 8.75 Å². The van der Waals surface area contributed by atoms with Gasteiger partial charge in [-0.15, -0.1) is 0 Å². The molecule has 1 aromatic heterocycles. The normalized spacial score (nSPS) is 12.4. The average molecular weight is 236 g/mol. The molecule has 1 N–H and O–H groups in total. The van der Waals surface area contributed by atoms with Gasteiger partial charge in [-0.3, -0.25) is 0 Å². The highest BCUT2D eigenvalue weighted by Crippen LogP contribution is 2.23. The van der Waals surface area contributed by atoms with Gasteiger partial charge >= 0.3 is 0 Å². The van der Waals surface area contributed by atoms with Gasteiger partial charge in [-0.1, -0.05) is 18.2 Å².